The van der Waals surface area contributed by atoms with Crippen molar-refractivity contribution in [3.8, 4) is 0 Å². The Morgan fingerprint density at radius 2 is 2.10 bits per heavy atom. The Morgan fingerprint density at radius 1 is 1.43 bits per heavy atom. The summed E-state index contributed by atoms with van der Waals surface area (Å²) in [5, 5.41) is 10.7. The molecule has 0 radical (unpaired) electrons. The van der Waals surface area contributed by atoms with Crippen LogP contribution in [0.2, 0.25) is 0 Å². The monoisotopic (exact) mass is 290 g/mol. The minimum atomic E-state index is -1.76. The Labute approximate surface area is 125 Å². The third kappa shape index (κ3) is 2.94. The fourth-order valence-electron chi connectivity index (χ4n) is 2.87. The maximum Gasteiger partial charge on any atom is 0.149 e. The number of fused-ring (bicyclic) bond motifs is 1. The number of anilines is 1. The Morgan fingerprint density at radius 3 is 2.67 bits per heavy atom. The quantitative estimate of drug-likeness (QED) is 0.804. The van der Waals surface area contributed by atoms with Gasteiger partial charge in [0.25, 0.3) is 0 Å². The number of allylic oxidation sites excluding steroid dienone is 1. The number of rotatable bonds is 3. The van der Waals surface area contributed by atoms with Crippen LogP contribution in [0.1, 0.15) is 51.2 Å². The van der Waals surface area contributed by atoms with E-state index in [1.54, 1.807) is 6.07 Å². The summed E-state index contributed by atoms with van der Waals surface area (Å²) in [6.45, 7) is 8.92. The number of hydrogen-bond donors (Lipinski definition) is 0. The number of carbonyl (C=O) groups is 1. The van der Waals surface area contributed by atoms with E-state index < -0.39 is 11.8 Å². The molecular formula is C17H21FNO2-. The molecule has 3 nitrogen and oxygen atoms in total. The van der Waals surface area contributed by atoms with Gasteiger partial charge in [-0.2, -0.15) is 0 Å². The van der Waals surface area contributed by atoms with Crippen LogP contribution in [0.3, 0.4) is 0 Å². The Bertz CT molecular complexity index is 592. The number of halogens is 1. The molecule has 1 unspecified atom stereocenters. The molecule has 21 heavy (non-hydrogen) atoms. The highest BCUT2D eigenvalue weighted by atomic mass is 19.1. The highest BCUT2D eigenvalue weighted by molar-refractivity contribution is 5.92. The van der Waals surface area contributed by atoms with Crippen LogP contribution in [0.25, 0.3) is 5.57 Å². The van der Waals surface area contributed by atoms with Crippen molar-refractivity contribution in [2.75, 3.05) is 11.4 Å². The summed E-state index contributed by atoms with van der Waals surface area (Å²) in [6, 6.07) is 6.06. The Hall–Kier alpha value is -1.84. The molecule has 0 saturated heterocycles. The number of carboxylic acids is 1. The molecule has 1 aromatic rings. The average Bonchev–Trinajstić information content (AvgIpc) is 2.45. The van der Waals surface area contributed by atoms with Crippen molar-refractivity contribution < 1.29 is 14.3 Å². The van der Waals surface area contributed by atoms with E-state index in [2.05, 4.69) is 25.7 Å². The van der Waals surface area contributed by atoms with E-state index in [0.29, 0.717) is 17.5 Å². The molecule has 2 rings (SSSR count). The second-order valence-corrected chi connectivity index (χ2v) is 5.98. The predicted octanol–water partition coefficient (Wildman–Crippen LogP) is 2.86. The summed E-state index contributed by atoms with van der Waals surface area (Å²) in [4.78, 5) is 13.0. The number of carbonyl (C=O) groups excluding carboxylic acids is 1. The van der Waals surface area contributed by atoms with Crippen LogP contribution < -0.4 is 10.0 Å². The molecule has 0 saturated carbocycles. The van der Waals surface area contributed by atoms with Gasteiger partial charge in [0.1, 0.15) is 11.8 Å². The van der Waals surface area contributed by atoms with Crippen molar-refractivity contribution in [1.82, 2.24) is 0 Å². The first-order valence-electron chi connectivity index (χ1n) is 7.31. The van der Waals surface area contributed by atoms with Gasteiger partial charge in [0, 0.05) is 18.3 Å². The predicted molar refractivity (Wildman–Crippen MR) is 80.7 cm³/mol. The normalized spacial score (nSPS) is 19.3. The molecule has 1 aliphatic heterocycles. The van der Waals surface area contributed by atoms with Gasteiger partial charge in [-0.3, -0.25) is 0 Å². The van der Waals surface area contributed by atoms with Crippen molar-refractivity contribution in [3.05, 3.63) is 35.2 Å². The lowest BCUT2D eigenvalue weighted by Crippen LogP contribution is -2.36. The van der Waals surface area contributed by atoms with Crippen LogP contribution in [0.15, 0.2) is 24.0 Å². The zero-order chi connectivity index (χ0) is 15.7. The van der Waals surface area contributed by atoms with Gasteiger partial charge < -0.3 is 14.8 Å². The zero-order valence-electron chi connectivity index (χ0n) is 12.9. The second-order valence-electron chi connectivity index (χ2n) is 5.98. The number of aliphatic carboxylic acids is 1. The minimum Gasteiger partial charge on any atom is -0.542 e. The molecule has 0 bridgehead atoms. The van der Waals surface area contributed by atoms with Gasteiger partial charge in [0.15, 0.2) is 0 Å². The van der Waals surface area contributed by atoms with Crippen LogP contribution in [-0.2, 0) is 4.79 Å². The Balaban J connectivity index is 2.50. The van der Waals surface area contributed by atoms with Crippen LogP contribution in [0, 0.1) is 0 Å². The summed E-state index contributed by atoms with van der Waals surface area (Å²) in [7, 11) is 0. The zero-order valence-corrected chi connectivity index (χ0v) is 12.9. The molecule has 1 aliphatic rings. The fourth-order valence-corrected chi connectivity index (χ4v) is 2.87. The number of benzene rings is 1. The fraction of sp³-hybridized carbons (Fsp3) is 0.471. The average molecular weight is 290 g/mol. The molecule has 1 heterocycles. The highest BCUT2D eigenvalue weighted by Crippen LogP contribution is 2.38. The summed E-state index contributed by atoms with van der Waals surface area (Å²) in [6.07, 6.45) is 1.04. The van der Waals surface area contributed by atoms with Crippen molar-refractivity contribution >= 4 is 17.2 Å². The first kappa shape index (κ1) is 15.5. The summed E-state index contributed by atoms with van der Waals surface area (Å²) >= 11 is 0. The topological polar surface area (TPSA) is 43.4 Å². The second kappa shape index (κ2) is 5.88. The van der Waals surface area contributed by atoms with Gasteiger partial charge in [-0.15, -0.1) is 0 Å². The lowest BCUT2D eigenvalue weighted by atomic mass is 9.88. The summed E-state index contributed by atoms with van der Waals surface area (Å²) < 4.78 is 13.5. The molecule has 0 aromatic heterocycles. The standard InChI is InChI=1S/C17H22FNO2/c1-10(2)19-8-7-11(3)14-9-13(5-6-15(14)19)12(4)16(18)17(20)21/h5-6,9-11H,7-8H2,1-4H3,(H,20,21)/p-1/b16-12+. The van der Waals surface area contributed by atoms with E-state index in [9.17, 15) is 14.3 Å². The van der Waals surface area contributed by atoms with E-state index in [4.69, 9.17) is 0 Å². The molecular weight excluding hydrogens is 269 g/mol. The molecule has 0 amide bonds. The smallest absolute Gasteiger partial charge is 0.149 e. The molecule has 114 valence electrons. The van der Waals surface area contributed by atoms with Gasteiger partial charge in [0.2, 0.25) is 0 Å². The van der Waals surface area contributed by atoms with Gasteiger partial charge >= 0.3 is 0 Å². The molecule has 4 heteroatoms. The summed E-state index contributed by atoms with van der Waals surface area (Å²) in [5.74, 6) is -2.57. The Kier molecular flexibility index (Phi) is 4.35. The molecule has 0 spiro atoms. The van der Waals surface area contributed by atoms with Gasteiger partial charge in [0.05, 0.1) is 0 Å². The third-order valence-corrected chi connectivity index (χ3v) is 4.24. The maximum absolute atomic E-state index is 13.5. The van der Waals surface area contributed by atoms with Crippen molar-refractivity contribution in [3.63, 3.8) is 0 Å². The minimum absolute atomic E-state index is 0.117. The van der Waals surface area contributed by atoms with E-state index in [-0.39, 0.29) is 5.57 Å². The first-order valence-corrected chi connectivity index (χ1v) is 7.31. The van der Waals surface area contributed by atoms with Crippen LogP contribution >= 0.6 is 0 Å². The van der Waals surface area contributed by atoms with E-state index >= 15 is 0 Å². The van der Waals surface area contributed by atoms with Crippen LogP contribution in [0.4, 0.5) is 10.1 Å². The van der Waals surface area contributed by atoms with Gasteiger partial charge in [-0.1, -0.05) is 13.0 Å². The van der Waals surface area contributed by atoms with E-state index in [0.717, 1.165) is 24.2 Å². The number of hydrogen-bond acceptors (Lipinski definition) is 3. The molecule has 1 aromatic carbocycles. The lowest BCUT2D eigenvalue weighted by molar-refractivity contribution is -0.301. The van der Waals surface area contributed by atoms with Crippen LogP contribution in [0.5, 0.6) is 0 Å². The largest absolute Gasteiger partial charge is 0.542 e. The summed E-state index contributed by atoms with van der Waals surface area (Å²) in [5.41, 5.74) is 3.03. The maximum atomic E-state index is 13.5. The van der Waals surface area contributed by atoms with Crippen molar-refractivity contribution in [1.29, 1.82) is 0 Å². The molecule has 0 aliphatic carbocycles. The molecule has 1 atom stereocenters. The number of nitrogens with zero attached hydrogens (tertiary/aromatic N) is 1. The SMILES string of the molecule is C/C(=C(\F)C(=O)[O-])c1ccc2c(c1)C(C)CCN2C(C)C. The molecule has 0 N–H and O–H groups in total. The lowest BCUT2D eigenvalue weighted by Gasteiger charge is -2.37. The van der Waals surface area contributed by atoms with Crippen molar-refractivity contribution in [2.24, 2.45) is 0 Å². The molecule has 0 fully saturated rings. The third-order valence-electron chi connectivity index (χ3n) is 4.24. The number of carboxylic acid groups (broad SMARTS) is 1. The van der Waals surface area contributed by atoms with E-state index in [1.165, 1.54) is 6.92 Å². The van der Waals surface area contributed by atoms with Crippen molar-refractivity contribution in [2.45, 2.75) is 46.1 Å². The van der Waals surface area contributed by atoms with Crippen LogP contribution in [-0.4, -0.2) is 18.6 Å². The van der Waals surface area contributed by atoms with Gasteiger partial charge in [-0.05, 0) is 61.9 Å². The highest BCUT2D eigenvalue weighted by Gasteiger charge is 2.24. The van der Waals surface area contributed by atoms with E-state index in [1.807, 2.05) is 12.1 Å². The van der Waals surface area contributed by atoms with Gasteiger partial charge in [-0.25, -0.2) is 4.39 Å². The first-order chi connectivity index (χ1) is 9.82.